The molecule has 2 rings (SSSR count). The van der Waals surface area contributed by atoms with Crippen LogP contribution in [0.4, 0.5) is 0 Å². The maximum absolute atomic E-state index is 5.81. The summed E-state index contributed by atoms with van der Waals surface area (Å²) in [5, 5.41) is 0. The lowest BCUT2D eigenvalue weighted by Gasteiger charge is -2.30. The van der Waals surface area contributed by atoms with Crippen LogP contribution in [0, 0.1) is 11.8 Å². The molecular formula is C14H22N2O. The fourth-order valence-electron chi connectivity index (χ4n) is 2.61. The molecule has 2 atom stereocenters. The van der Waals surface area contributed by atoms with Gasteiger partial charge >= 0.3 is 0 Å². The minimum atomic E-state index is 0.620. The molecule has 3 heteroatoms. The summed E-state index contributed by atoms with van der Waals surface area (Å²) in [6.07, 6.45) is 7.01. The zero-order valence-electron chi connectivity index (χ0n) is 10.3. The normalized spacial score (nSPS) is 24.8. The molecule has 0 aromatic carbocycles. The van der Waals surface area contributed by atoms with Gasteiger partial charge in [-0.25, -0.2) is 0 Å². The third-order valence-electron chi connectivity index (χ3n) is 3.68. The molecule has 0 aliphatic heterocycles. The van der Waals surface area contributed by atoms with Crippen molar-refractivity contribution < 1.29 is 4.74 Å². The summed E-state index contributed by atoms with van der Waals surface area (Å²) in [4.78, 5) is 4.25. The van der Waals surface area contributed by atoms with E-state index in [1.54, 1.807) is 0 Å². The summed E-state index contributed by atoms with van der Waals surface area (Å²) in [5.41, 5.74) is 6.82. The molecule has 17 heavy (non-hydrogen) atoms. The predicted octanol–water partition coefficient (Wildman–Crippen LogP) is 2.36. The third-order valence-corrected chi connectivity index (χ3v) is 3.68. The molecule has 0 amide bonds. The van der Waals surface area contributed by atoms with Crippen molar-refractivity contribution >= 4 is 0 Å². The highest BCUT2D eigenvalue weighted by Crippen LogP contribution is 2.29. The van der Waals surface area contributed by atoms with Crippen LogP contribution in [0.2, 0.25) is 0 Å². The Hall–Kier alpha value is -0.930. The first kappa shape index (κ1) is 12.5. The Morgan fingerprint density at radius 2 is 2.06 bits per heavy atom. The number of ether oxygens (including phenoxy) is 1. The highest BCUT2D eigenvalue weighted by Gasteiger charge is 2.23. The van der Waals surface area contributed by atoms with E-state index in [0.717, 1.165) is 18.8 Å². The van der Waals surface area contributed by atoms with Crippen molar-refractivity contribution in [3.63, 3.8) is 0 Å². The maximum Gasteiger partial charge on any atom is 0.0887 e. The van der Waals surface area contributed by atoms with Crippen LogP contribution < -0.4 is 5.73 Å². The molecule has 1 fully saturated rings. The van der Waals surface area contributed by atoms with Crippen LogP contribution in [0.5, 0.6) is 0 Å². The van der Waals surface area contributed by atoms with Gasteiger partial charge in [0, 0.05) is 6.20 Å². The molecule has 1 aliphatic rings. The average molecular weight is 234 g/mol. The lowest BCUT2D eigenvalue weighted by atomic mass is 9.80. The molecule has 0 bridgehead atoms. The van der Waals surface area contributed by atoms with Crippen molar-refractivity contribution in [1.29, 1.82) is 0 Å². The number of nitrogens with zero attached hydrogens (tertiary/aromatic N) is 1. The SMILES string of the molecule is NCC1CCCCC1COCc1ccccn1. The second kappa shape index (κ2) is 6.72. The Morgan fingerprint density at radius 1 is 1.24 bits per heavy atom. The van der Waals surface area contributed by atoms with Crippen molar-refractivity contribution in [1.82, 2.24) is 4.98 Å². The van der Waals surface area contributed by atoms with Crippen molar-refractivity contribution in [2.24, 2.45) is 17.6 Å². The van der Waals surface area contributed by atoms with Crippen LogP contribution in [0.1, 0.15) is 31.4 Å². The molecule has 1 aromatic heterocycles. The van der Waals surface area contributed by atoms with Crippen molar-refractivity contribution in [2.75, 3.05) is 13.2 Å². The van der Waals surface area contributed by atoms with E-state index in [9.17, 15) is 0 Å². The van der Waals surface area contributed by atoms with Crippen molar-refractivity contribution in [3.05, 3.63) is 30.1 Å². The topological polar surface area (TPSA) is 48.1 Å². The molecule has 0 radical (unpaired) electrons. The van der Waals surface area contributed by atoms with E-state index in [-0.39, 0.29) is 0 Å². The van der Waals surface area contributed by atoms with Gasteiger partial charge < -0.3 is 10.5 Å². The molecule has 1 aliphatic carbocycles. The molecule has 2 N–H and O–H groups in total. The minimum Gasteiger partial charge on any atom is -0.375 e. The lowest BCUT2D eigenvalue weighted by molar-refractivity contribution is 0.0497. The molecule has 1 aromatic rings. The minimum absolute atomic E-state index is 0.620. The molecule has 1 heterocycles. The highest BCUT2D eigenvalue weighted by molar-refractivity contribution is 5.01. The summed E-state index contributed by atoms with van der Waals surface area (Å²) in [5.74, 6) is 1.31. The molecule has 0 saturated heterocycles. The number of hydrogen-bond acceptors (Lipinski definition) is 3. The highest BCUT2D eigenvalue weighted by atomic mass is 16.5. The predicted molar refractivity (Wildman–Crippen MR) is 68.4 cm³/mol. The lowest BCUT2D eigenvalue weighted by Crippen LogP contribution is -2.29. The van der Waals surface area contributed by atoms with E-state index in [4.69, 9.17) is 10.5 Å². The van der Waals surface area contributed by atoms with E-state index in [2.05, 4.69) is 4.98 Å². The molecule has 1 saturated carbocycles. The van der Waals surface area contributed by atoms with Crippen LogP contribution in [0.15, 0.2) is 24.4 Å². The number of pyridine rings is 1. The van der Waals surface area contributed by atoms with E-state index in [1.165, 1.54) is 25.7 Å². The second-order valence-electron chi connectivity index (χ2n) is 4.88. The van der Waals surface area contributed by atoms with Crippen molar-refractivity contribution in [2.45, 2.75) is 32.3 Å². The summed E-state index contributed by atoms with van der Waals surface area (Å²) < 4.78 is 5.77. The van der Waals surface area contributed by atoms with E-state index in [0.29, 0.717) is 18.4 Å². The van der Waals surface area contributed by atoms with Crippen LogP contribution >= 0.6 is 0 Å². The average Bonchev–Trinajstić information content (AvgIpc) is 2.40. The van der Waals surface area contributed by atoms with Gasteiger partial charge in [-0.05, 0) is 43.4 Å². The fraction of sp³-hybridized carbons (Fsp3) is 0.643. The van der Waals surface area contributed by atoms with E-state index in [1.807, 2.05) is 24.4 Å². The third kappa shape index (κ3) is 3.79. The Balaban J connectivity index is 1.74. The van der Waals surface area contributed by atoms with Gasteiger partial charge in [0.15, 0.2) is 0 Å². The number of rotatable bonds is 5. The van der Waals surface area contributed by atoms with Crippen LogP contribution in [-0.4, -0.2) is 18.1 Å². The number of nitrogens with two attached hydrogens (primary N) is 1. The Labute approximate surface area is 103 Å². The van der Waals surface area contributed by atoms with Gasteiger partial charge in [0.25, 0.3) is 0 Å². The van der Waals surface area contributed by atoms with Gasteiger partial charge in [-0.1, -0.05) is 18.9 Å². The summed E-state index contributed by atoms with van der Waals surface area (Å²) >= 11 is 0. The second-order valence-corrected chi connectivity index (χ2v) is 4.88. The Bertz CT molecular complexity index is 315. The largest absolute Gasteiger partial charge is 0.375 e. The first-order valence-electron chi connectivity index (χ1n) is 6.58. The maximum atomic E-state index is 5.81. The van der Waals surface area contributed by atoms with E-state index < -0.39 is 0 Å². The molecule has 2 unspecified atom stereocenters. The smallest absolute Gasteiger partial charge is 0.0887 e. The zero-order valence-corrected chi connectivity index (χ0v) is 10.3. The van der Waals surface area contributed by atoms with Gasteiger partial charge in [-0.15, -0.1) is 0 Å². The quantitative estimate of drug-likeness (QED) is 0.850. The summed E-state index contributed by atoms with van der Waals surface area (Å²) in [6.45, 7) is 2.25. The number of aromatic nitrogens is 1. The molecule has 0 spiro atoms. The van der Waals surface area contributed by atoms with E-state index >= 15 is 0 Å². The van der Waals surface area contributed by atoms with Crippen LogP contribution in [0.3, 0.4) is 0 Å². The molecule has 94 valence electrons. The van der Waals surface area contributed by atoms with Gasteiger partial charge in [0.1, 0.15) is 0 Å². The summed E-state index contributed by atoms with van der Waals surface area (Å²) in [6, 6.07) is 5.92. The molecule has 3 nitrogen and oxygen atoms in total. The Morgan fingerprint density at radius 3 is 2.76 bits per heavy atom. The van der Waals surface area contributed by atoms with Gasteiger partial charge in [-0.3, -0.25) is 4.98 Å². The first-order valence-corrected chi connectivity index (χ1v) is 6.58. The fourth-order valence-corrected chi connectivity index (χ4v) is 2.61. The van der Waals surface area contributed by atoms with Crippen LogP contribution in [0.25, 0.3) is 0 Å². The zero-order chi connectivity index (χ0) is 11.9. The van der Waals surface area contributed by atoms with Gasteiger partial charge in [0.2, 0.25) is 0 Å². The van der Waals surface area contributed by atoms with Crippen LogP contribution in [-0.2, 0) is 11.3 Å². The number of hydrogen-bond donors (Lipinski definition) is 1. The Kier molecular flexibility index (Phi) is 4.95. The summed E-state index contributed by atoms with van der Waals surface area (Å²) in [7, 11) is 0. The standard InChI is InChI=1S/C14H22N2O/c15-9-12-5-1-2-6-13(12)10-17-11-14-7-3-4-8-16-14/h3-4,7-8,12-13H,1-2,5-6,9-11,15H2. The monoisotopic (exact) mass is 234 g/mol. The van der Waals surface area contributed by atoms with Crippen molar-refractivity contribution in [3.8, 4) is 0 Å². The molecular weight excluding hydrogens is 212 g/mol. The van der Waals surface area contributed by atoms with Gasteiger partial charge in [-0.2, -0.15) is 0 Å². The van der Waals surface area contributed by atoms with Gasteiger partial charge in [0.05, 0.1) is 18.9 Å². The first-order chi connectivity index (χ1) is 8.40.